The second kappa shape index (κ2) is 5.95. The molecule has 0 heterocycles. The van der Waals surface area contributed by atoms with Crippen LogP contribution in [0.5, 0.6) is 0 Å². The maximum atomic E-state index is 12.6. The minimum atomic E-state index is -1.69. The highest BCUT2D eigenvalue weighted by Crippen LogP contribution is 1.98. The first-order chi connectivity index (χ1) is 6.49. The Bertz CT molecular complexity index is 229. The van der Waals surface area contributed by atoms with Crippen molar-refractivity contribution in [3.8, 4) is 0 Å². The summed E-state index contributed by atoms with van der Waals surface area (Å²) < 4.78 is 17.1. The molecule has 0 aromatic heterocycles. The normalized spacial score (nSPS) is 13.9. The molecule has 0 radical (unpaired) electrons. The summed E-state index contributed by atoms with van der Waals surface area (Å²) in [6.45, 7) is 4.26. The van der Waals surface area contributed by atoms with Crippen LogP contribution in [0.25, 0.3) is 0 Å². The van der Waals surface area contributed by atoms with E-state index in [4.69, 9.17) is 5.11 Å². The topological polar surface area (TPSA) is 75.6 Å². The third-order valence-corrected chi connectivity index (χ3v) is 1.33. The highest BCUT2D eigenvalue weighted by atomic mass is 19.1. The highest BCUT2D eigenvalue weighted by molar-refractivity contribution is 5.80. The molecule has 14 heavy (non-hydrogen) atoms. The van der Waals surface area contributed by atoms with E-state index in [-0.39, 0.29) is 6.61 Å². The van der Waals surface area contributed by atoms with Gasteiger partial charge in [-0.15, -0.1) is 0 Å². The van der Waals surface area contributed by atoms with Crippen LogP contribution in [-0.2, 0) is 9.53 Å². The van der Waals surface area contributed by atoms with Crippen molar-refractivity contribution in [2.75, 3.05) is 6.61 Å². The molecule has 0 rings (SSSR count). The van der Waals surface area contributed by atoms with Crippen LogP contribution in [-0.4, -0.2) is 36.0 Å². The minimum Gasteiger partial charge on any atom is -0.480 e. The summed E-state index contributed by atoms with van der Waals surface area (Å²) in [6.07, 6.45) is -1.36. The van der Waals surface area contributed by atoms with Crippen molar-refractivity contribution in [2.45, 2.75) is 19.1 Å². The van der Waals surface area contributed by atoms with Crippen molar-refractivity contribution in [3.05, 3.63) is 12.7 Å². The SMILES string of the molecule is C=CCOC(=O)N[C@@H](C(=O)O)[C@H](C)F. The van der Waals surface area contributed by atoms with Crippen LogP contribution >= 0.6 is 0 Å². The van der Waals surface area contributed by atoms with E-state index in [0.29, 0.717) is 0 Å². The quantitative estimate of drug-likeness (QED) is 0.648. The minimum absolute atomic E-state index is 0.0567. The summed E-state index contributed by atoms with van der Waals surface area (Å²) >= 11 is 0. The van der Waals surface area contributed by atoms with Gasteiger partial charge in [0.05, 0.1) is 0 Å². The summed E-state index contributed by atoms with van der Waals surface area (Å²) in [4.78, 5) is 21.2. The third kappa shape index (κ3) is 4.44. The van der Waals surface area contributed by atoms with Crippen LogP contribution < -0.4 is 5.32 Å². The zero-order valence-electron chi connectivity index (χ0n) is 7.70. The van der Waals surface area contributed by atoms with Crippen molar-refractivity contribution in [3.63, 3.8) is 0 Å². The summed E-state index contributed by atoms with van der Waals surface area (Å²) in [5.41, 5.74) is 0. The number of rotatable bonds is 5. The van der Waals surface area contributed by atoms with Gasteiger partial charge in [-0.1, -0.05) is 12.7 Å². The molecular formula is C8H12FNO4. The number of nitrogens with one attached hydrogen (secondary N) is 1. The van der Waals surface area contributed by atoms with Gasteiger partial charge in [-0.25, -0.2) is 14.0 Å². The molecule has 0 aliphatic heterocycles. The molecule has 5 nitrogen and oxygen atoms in total. The maximum absolute atomic E-state index is 12.6. The maximum Gasteiger partial charge on any atom is 0.408 e. The fraction of sp³-hybridized carbons (Fsp3) is 0.500. The van der Waals surface area contributed by atoms with Crippen LogP contribution in [0.15, 0.2) is 12.7 Å². The van der Waals surface area contributed by atoms with Gasteiger partial charge in [-0.3, -0.25) is 0 Å². The molecule has 0 aromatic carbocycles. The van der Waals surface area contributed by atoms with Gasteiger partial charge in [-0.2, -0.15) is 0 Å². The number of ether oxygens (including phenoxy) is 1. The Balaban J connectivity index is 4.09. The monoisotopic (exact) mass is 205 g/mol. The standard InChI is InChI=1S/C8H12FNO4/c1-3-4-14-8(13)10-6(5(2)9)7(11)12/h3,5-6H,1,4H2,2H3,(H,10,13)(H,11,12)/t5-,6+/m0/s1. The van der Waals surface area contributed by atoms with E-state index in [1.54, 1.807) is 0 Å². The van der Waals surface area contributed by atoms with Gasteiger partial charge in [0.1, 0.15) is 12.8 Å². The second-order valence-corrected chi connectivity index (χ2v) is 2.52. The van der Waals surface area contributed by atoms with Crippen LogP contribution in [0.3, 0.4) is 0 Å². The lowest BCUT2D eigenvalue weighted by Gasteiger charge is -2.14. The Hall–Kier alpha value is -1.59. The van der Waals surface area contributed by atoms with Crippen molar-refractivity contribution in [1.29, 1.82) is 0 Å². The number of alkyl halides is 1. The average Bonchev–Trinajstić information content (AvgIpc) is 2.09. The average molecular weight is 205 g/mol. The molecule has 0 aromatic rings. The number of amides is 1. The Morgan fingerprint density at radius 2 is 2.29 bits per heavy atom. The van der Waals surface area contributed by atoms with Gasteiger partial charge in [0.2, 0.25) is 0 Å². The molecule has 0 bridgehead atoms. The summed E-state index contributed by atoms with van der Waals surface area (Å²) in [5, 5.41) is 10.4. The summed E-state index contributed by atoms with van der Waals surface area (Å²) in [7, 11) is 0. The van der Waals surface area contributed by atoms with Gasteiger partial charge in [0.15, 0.2) is 6.04 Å². The summed E-state index contributed by atoms with van der Waals surface area (Å²) in [5.74, 6) is -1.45. The first kappa shape index (κ1) is 12.4. The lowest BCUT2D eigenvalue weighted by Crippen LogP contribution is -2.46. The van der Waals surface area contributed by atoms with Crippen molar-refractivity contribution in [2.24, 2.45) is 0 Å². The van der Waals surface area contributed by atoms with E-state index in [1.807, 2.05) is 5.32 Å². The molecule has 0 spiro atoms. The smallest absolute Gasteiger partial charge is 0.408 e. The van der Waals surface area contributed by atoms with Crippen molar-refractivity contribution >= 4 is 12.1 Å². The number of alkyl carbamates (subject to hydrolysis) is 1. The largest absolute Gasteiger partial charge is 0.480 e. The lowest BCUT2D eigenvalue weighted by atomic mass is 10.2. The first-order valence-corrected chi connectivity index (χ1v) is 3.90. The first-order valence-electron chi connectivity index (χ1n) is 3.90. The molecule has 1 amide bonds. The van der Waals surface area contributed by atoms with Gasteiger partial charge in [-0.05, 0) is 6.92 Å². The molecular weight excluding hydrogens is 193 g/mol. The molecule has 2 atom stereocenters. The number of aliphatic carboxylic acids is 1. The van der Waals surface area contributed by atoms with Crippen LogP contribution in [0, 0.1) is 0 Å². The zero-order valence-corrected chi connectivity index (χ0v) is 7.70. The van der Waals surface area contributed by atoms with Gasteiger partial charge < -0.3 is 15.2 Å². The Labute approximate surface area is 80.6 Å². The van der Waals surface area contributed by atoms with E-state index in [1.165, 1.54) is 6.08 Å². The number of carbonyl (C=O) groups is 2. The van der Waals surface area contributed by atoms with E-state index in [2.05, 4.69) is 11.3 Å². The molecule has 0 saturated heterocycles. The Kier molecular flexibility index (Phi) is 5.28. The lowest BCUT2D eigenvalue weighted by molar-refractivity contribution is -0.140. The second-order valence-electron chi connectivity index (χ2n) is 2.52. The van der Waals surface area contributed by atoms with Crippen LogP contribution in [0.1, 0.15) is 6.92 Å². The number of halogens is 1. The molecule has 0 saturated carbocycles. The predicted octanol–water partition coefficient (Wildman–Crippen LogP) is 0.710. The Morgan fingerprint density at radius 1 is 1.71 bits per heavy atom. The molecule has 6 heteroatoms. The van der Waals surface area contributed by atoms with Crippen molar-refractivity contribution in [1.82, 2.24) is 5.32 Å². The van der Waals surface area contributed by atoms with Crippen molar-refractivity contribution < 1.29 is 23.8 Å². The fourth-order valence-corrected chi connectivity index (χ4v) is 0.676. The molecule has 0 unspecified atom stereocenters. The summed E-state index contributed by atoms with van der Waals surface area (Å²) in [6, 6.07) is -1.59. The van der Waals surface area contributed by atoms with E-state index in [9.17, 15) is 14.0 Å². The van der Waals surface area contributed by atoms with Gasteiger partial charge >= 0.3 is 12.1 Å². The van der Waals surface area contributed by atoms with Gasteiger partial charge in [0.25, 0.3) is 0 Å². The number of carboxylic acids is 1. The molecule has 0 aliphatic carbocycles. The van der Waals surface area contributed by atoms with Crippen LogP contribution in [0.4, 0.5) is 9.18 Å². The zero-order chi connectivity index (χ0) is 11.1. The van der Waals surface area contributed by atoms with E-state index in [0.717, 1.165) is 6.92 Å². The number of carboxylic acid groups (broad SMARTS) is 1. The molecule has 2 N–H and O–H groups in total. The van der Waals surface area contributed by atoms with Gasteiger partial charge in [0, 0.05) is 0 Å². The molecule has 80 valence electrons. The highest BCUT2D eigenvalue weighted by Gasteiger charge is 2.26. The third-order valence-electron chi connectivity index (χ3n) is 1.33. The fourth-order valence-electron chi connectivity index (χ4n) is 0.676. The van der Waals surface area contributed by atoms with E-state index >= 15 is 0 Å². The van der Waals surface area contributed by atoms with E-state index < -0.39 is 24.3 Å². The number of hydrogen-bond donors (Lipinski definition) is 2. The number of hydrogen-bond acceptors (Lipinski definition) is 3. The Morgan fingerprint density at radius 3 is 2.64 bits per heavy atom. The molecule has 0 fully saturated rings. The number of carbonyl (C=O) groups excluding carboxylic acids is 1. The van der Waals surface area contributed by atoms with Crippen LogP contribution in [0.2, 0.25) is 0 Å². The predicted molar refractivity (Wildman–Crippen MR) is 46.7 cm³/mol. The molecule has 0 aliphatic rings.